The summed E-state index contributed by atoms with van der Waals surface area (Å²) in [6.45, 7) is 1.94. The molecule has 0 fully saturated rings. The molecule has 0 spiro atoms. The highest BCUT2D eigenvalue weighted by Gasteiger charge is 2.10. The first-order valence-corrected chi connectivity index (χ1v) is 6.49. The second kappa shape index (κ2) is 5.23. The van der Waals surface area contributed by atoms with Crippen LogP contribution in [0.5, 0.6) is 0 Å². The summed E-state index contributed by atoms with van der Waals surface area (Å²) in [4.78, 5) is 15.2. The lowest BCUT2D eigenvalue weighted by molar-refractivity contribution is -0.306. The van der Waals surface area contributed by atoms with Gasteiger partial charge in [0.25, 0.3) is 0 Å². The van der Waals surface area contributed by atoms with Crippen molar-refractivity contribution in [1.29, 1.82) is 0 Å². The Kier molecular flexibility index (Phi) is 3.68. The van der Waals surface area contributed by atoms with Gasteiger partial charge in [-0.3, -0.25) is 0 Å². The lowest BCUT2D eigenvalue weighted by Gasteiger charge is -2.08. The Morgan fingerprint density at radius 2 is 2.24 bits per heavy atom. The number of benzene rings is 1. The van der Waals surface area contributed by atoms with Crippen LogP contribution in [0.25, 0.3) is 11.0 Å². The third-order valence-electron chi connectivity index (χ3n) is 2.34. The number of carbonyl (C=O) groups is 1. The largest absolute Gasteiger partial charge is 0.548 e. The Bertz CT molecular complexity index is 536. The fraction of sp³-hybridized carbons (Fsp3) is 0.333. The SMILES string of the molecule is CCCSc1nc2ccccc2n1CC(=O)[O-]. The molecule has 0 unspecified atom stereocenters. The van der Waals surface area contributed by atoms with E-state index in [2.05, 4.69) is 11.9 Å². The average molecular weight is 249 g/mol. The lowest BCUT2D eigenvalue weighted by Crippen LogP contribution is -2.27. The molecule has 1 aromatic carbocycles. The van der Waals surface area contributed by atoms with Crippen LogP contribution in [0.1, 0.15) is 13.3 Å². The van der Waals surface area contributed by atoms with E-state index < -0.39 is 5.97 Å². The van der Waals surface area contributed by atoms with E-state index in [0.717, 1.165) is 28.4 Å². The highest BCUT2D eigenvalue weighted by molar-refractivity contribution is 7.99. The molecule has 17 heavy (non-hydrogen) atoms. The first-order valence-electron chi connectivity index (χ1n) is 5.50. The molecule has 2 aromatic rings. The Labute approximate surface area is 104 Å². The topological polar surface area (TPSA) is 58.0 Å². The fourth-order valence-electron chi connectivity index (χ4n) is 1.64. The van der Waals surface area contributed by atoms with Crippen molar-refractivity contribution in [2.45, 2.75) is 25.0 Å². The van der Waals surface area contributed by atoms with Crippen LogP contribution in [0.3, 0.4) is 0 Å². The molecule has 0 radical (unpaired) electrons. The van der Waals surface area contributed by atoms with Crippen LogP contribution < -0.4 is 5.11 Å². The molecule has 5 heteroatoms. The molecule has 0 saturated carbocycles. The first-order chi connectivity index (χ1) is 8.22. The highest BCUT2D eigenvalue weighted by Crippen LogP contribution is 2.24. The number of hydrogen-bond donors (Lipinski definition) is 0. The smallest absolute Gasteiger partial charge is 0.169 e. The number of thioether (sulfide) groups is 1. The van der Waals surface area contributed by atoms with Crippen LogP contribution in [0.4, 0.5) is 0 Å². The van der Waals surface area contributed by atoms with Crippen molar-refractivity contribution in [2.24, 2.45) is 0 Å². The number of carboxylic acid groups (broad SMARTS) is 1. The summed E-state index contributed by atoms with van der Waals surface area (Å²) >= 11 is 1.58. The second-order valence-electron chi connectivity index (χ2n) is 3.69. The summed E-state index contributed by atoms with van der Waals surface area (Å²) in [6, 6.07) is 7.54. The number of aliphatic carboxylic acids is 1. The minimum atomic E-state index is -1.09. The molecule has 0 aliphatic carbocycles. The second-order valence-corrected chi connectivity index (χ2v) is 4.75. The molecular weight excluding hydrogens is 236 g/mol. The fourth-order valence-corrected chi connectivity index (χ4v) is 2.51. The van der Waals surface area contributed by atoms with Gasteiger partial charge in [0.1, 0.15) is 0 Å². The van der Waals surface area contributed by atoms with Crippen LogP contribution >= 0.6 is 11.8 Å². The van der Waals surface area contributed by atoms with E-state index in [1.165, 1.54) is 0 Å². The van der Waals surface area contributed by atoms with Crippen molar-refractivity contribution in [2.75, 3.05) is 5.75 Å². The number of nitrogens with zero attached hydrogens (tertiary/aromatic N) is 2. The van der Waals surface area contributed by atoms with Crippen molar-refractivity contribution in [3.8, 4) is 0 Å². The molecule has 0 bridgehead atoms. The molecule has 0 aliphatic heterocycles. The van der Waals surface area contributed by atoms with Gasteiger partial charge in [0, 0.05) is 5.75 Å². The van der Waals surface area contributed by atoms with Gasteiger partial charge in [0.05, 0.1) is 23.5 Å². The summed E-state index contributed by atoms with van der Waals surface area (Å²) in [5.41, 5.74) is 1.67. The molecule has 90 valence electrons. The van der Waals surface area contributed by atoms with Crippen LogP contribution in [0.2, 0.25) is 0 Å². The number of rotatable bonds is 5. The van der Waals surface area contributed by atoms with Crippen LogP contribution in [0, 0.1) is 0 Å². The van der Waals surface area contributed by atoms with Crippen LogP contribution in [-0.4, -0.2) is 21.3 Å². The van der Waals surface area contributed by atoms with Crippen molar-refractivity contribution in [3.05, 3.63) is 24.3 Å². The maximum atomic E-state index is 10.8. The van der Waals surface area contributed by atoms with E-state index in [0.29, 0.717) is 0 Å². The van der Waals surface area contributed by atoms with E-state index >= 15 is 0 Å². The number of para-hydroxylation sites is 2. The molecule has 1 heterocycles. The quantitative estimate of drug-likeness (QED) is 0.749. The number of imidazole rings is 1. The van der Waals surface area contributed by atoms with Gasteiger partial charge in [-0.2, -0.15) is 0 Å². The Hall–Kier alpha value is -1.49. The van der Waals surface area contributed by atoms with Gasteiger partial charge in [-0.1, -0.05) is 30.8 Å². The van der Waals surface area contributed by atoms with Crippen molar-refractivity contribution >= 4 is 28.8 Å². The zero-order chi connectivity index (χ0) is 12.3. The average Bonchev–Trinajstić information content (AvgIpc) is 2.64. The van der Waals surface area contributed by atoms with E-state index in [4.69, 9.17) is 0 Å². The molecule has 1 aromatic heterocycles. The van der Waals surface area contributed by atoms with Crippen LogP contribution in [-0.2, 0) is 11.3 Å². The number of carbonyl (C=O) groups excluding carboxylic acids is 1. The van der Waals surface area contributed by atoms with Gasteiger partial charge in [-0.15, -0.1) is 0 Å². The molecule has 0 saturated heterocycles. The van der Waals surface area contributed by atoms with Crippen molar-refractivity contribution in [3.63, 3.8) is 0 Å². The van der Waals surface area contributed by atoms with E-state index in [1.807, 2.05) is 24.3 Å². The third-order valence-corrected chi connectivity index (χ3v) is 3.52. The summed E-state index contributed by atoms with van der Waals surface area (Å²) in [5.74, 6) is -0.164. The lowest BCUT2D eigenvalue weighted by atomic mass is 10.3. The Balaban J connectivity index is 2.44. The summed E-state index contributed by atoms with van der Waals surface area (Å²) in [5, 5.41) is 11.5. The third kappa shape index (κ3) is 2.61. The molecular formula is C12H13N2O2S-. The summed E-state index contributed by atoms with van der Waals surface area (Å²) < 4.78 is 1.70. The van der Waals surface area contributed by atoms with Crippen molar-refractivity contribution < 1.29 is 9.90 Å². The number of hydrogen-bond acceptors (Lipinski definition) is 4. The zero-order valence-electron chi connectivity index (χ0n) is 9.55. The monoisotopic (exact) mass is 249 g/mol. The molecule has 0 amide bonds. The highest BCUT2D eigenvalue weighted by atomic mass is 32.2. The van der Waals surface area contributed by atoms with Gasteiger partial charge < -0.3 is 14.5 Å². The normalized spacial score (nSPS) is 10.9. The predicted molar refractivity (Wildman–Crippen MR) is 65.8 cm³/mol. The Morgan fingerprint density at radius 1 is 1.47 bits per heavy atom. The molecule has 0 aliphatic rings. The van der Waals surface area contributed by atoms with Crippen molar-refractivity contribution in [1.82, 2.24) is 9.55 Å². The maximum absolute atomic E-state index is 10.8. The maximum Gasteiger partial charge on any atom is 0.169 e. The standard InChI is InChI=1S/C12H14N2O2S/c1-2-7-17-12-13-9-5-3-4-6-10(9)14(12)8-11(15)16/h3-6H,2,7-8H2,1H3,(H,15,16)/p-1. The van der Waals surface area contributed by atoms with E-state index in [9.17, 15) is 9.90 Å². The van der Waals surface area contributed by atoms with E-state index in [-0.39, 0.29) is 6.54 Å². The molecule has 0 atom stereocenters. The van der Waals surface area contributed by atoms with Gasteiger partial charge in [-0.25, -0.2) is 4.98 Å². The number of carboxylic acids is 1. The minimum Gasteiger partial charge on any atom is -0.548 e. The van der Waals surface area contributed by atoms with Gasteiger partial charge >= 0.3 is 0 Å². The molecule has 4 nitrogen and oxygen atoms in total. The minimum absolute atomic E-state index is 0.146. The summed E-state index contributed by atoms with van der Waals surface area (Å²) in [7, 11) is 0. The van der Waals surface area contributed by atoms with E-state index in [1.54, 1.807) is 16.3 Å². The Morgan fingerprint density at radius 3 is 2.94 bits per heavy atom. The molecule has 0 N–H and O–H groups in total. The van der Waals surface area contributed by atoms with Gasteiger partial charge in [-0.05, 0) is 18.6 Å². The zero-order valence-corrected chi connectivity index (χ0v) is 10.4. The predicted octanol–water partition coefficient (Wildman–Crippen LogP) is 1.29. The van der Waals surface area contributed by atoms with Gasteiger partial charge in [0.15, 0.2) is 5.16 Å². The number of aromatic nitrogens is 2. The van der Waals surface area contributed by atoms with Gasteiger partial charge in [0.2, 0.25) is 0 Å². The van der Waals surface area contributed by atoms with Crippen LogP contribution in [0.15, 0.2) is 29.4 Å². The first kappa shape index (κ1) is 12.0. The summed E-state index contributed by atoms with van der Waals surface area (Å²) in [6.07, 6.45) is 1.03. The molecule has 2 rings (SSSR count). The number of fused-ring (bicyclic) bond motifs is 1.